The zero-order chi connectivity index (χ0) is 8.39. The van der Waals surface area contributed by atoms with E-state index in [1.165, 1.54) is 0 Å². The van der Waals surface area contributed by atoms with Crippen LogP contribution in [0.3, 0.4) is 0 Å². The molecule has 1 radical (unpaired) electrons. The van der Waals surface area contributed by atoms with E-state index >= 15 is 0 Å². The summed E-state index contributed by atoms with van der Waals surface area (Å²) in [5.74, 6) is 0. The number of aromatic nitrogens is 1. The quantitative estimate of drug-likeness (QED) is 0.579. The van der Waals surface area contributed by atoms with E-state index in [9.17, 15) is 0 Å². The van der Waals surface area contributed by atoms with E-state index in [0.29, 0.717) is 5.56 Å². The monoisotopic (exact) mass is 153 g/mol. The summed E-state index contributed by atoms with van der Waals surface area (Å²) >= 11 is 0. The standard InChI is InChI=1S/C10H5N2/c11-7-8-3-1-5-10-9(8)4-2-6-12-10/h1-5H. The molecule has 0 spiro atoms. The summed E-state index contributed by atoms with van der Waals surface area (Å²) in [6.07, 6.45) is 2.73. The topological polar surface area (TPSA) is 36.7 Å². The smallest absolute Gasteiger partial charge is 0.0998 e. The van der Waals surface area contributed by atoms with Crippen molar-refractivity contribution in [2.75, 3.05) is 0 Å². The fourth-order valence-corrected chi connectivity index (χ4v) is 1.15. The molecule has 2 nitrogen and oxygen atoms in total. The number of hydrogen-bond donors (Lipinski definition) is 0. The van der Waals surface area contributed by atoms with Gasteiger partial charge in [-0.05, 0) is 24.3 Å². The first-order valence-corrected chi connectivity index (χ1v) is 3.58. The minimum absolute atomic E-state index is 0.661. The van der Waals surface area contributed by atoms with Gasteiger partial charge in [-0.2, -0.15) is 5.26 Å². The lowest BCUT2D eigenvalue weighted by Crippen LogP contribution is -1.81. The van der Waals surface area contributed by atoms with Crippen LogP contribution >= 0.6 is 0 Å². The van der Waals surface area contributed by atoms with Crippen molar-refractivity contribution in [3.05, 3.63) is 42.1 Å². The third-order valence-electron chi connectivity index (χ3n) is 1.71. The van der Waals surface area contributed by atoms with Crippen molar-refractivity contribution in [1.82, 2.24) is 4.98 Å². The number of hydrogen-bond acceptors (Lipinski definition) is 2. The second kappa shape index (κ2) is 2.63. The number of fused-ring (bicyclic) bond motifs is 1. The molecule has 0 saturated heterocycles. The summed E-state index contributed by atoms with van der Waals surface area (Å²) in [6.45, 7) is 0. The van der Waals surface area contributed by atoms with Gasteiger partial charge in [0.1, 0.15) is 0 Å². The molecule has 0 fully saturated rings. The Morgan fingerprint density at radius 3 is 3.08 bits per heavy atom. The van der Waals surface area contributed by atoms with Gasteiger partial charge in [-0.3, -0.25) is 0 Å². The van der Waals surface area contributed by atoms with E-state index in [2.05, 4.69) is 17.3 Å². The van der Waals surface area contributed by atoms with Gasteiger partial charge in [0.25, 0.3) is 0 Å². The normalized spacial score (nSPS) is 9.58. The van der Waals surface area contributed by atoms with Crippen LogP contribution in [0.5, 0.6) is 0 Å². The number of benzene rings is 1. The van der Waals surface area contributed by atoms with Gasteiger partial charge in [0.15, 0.2) is 0 Å². The molecule has 0 aliphatic heterocycles. The Balaban J connectivity index is 2.91. The molecule has 2 rings (SSSR count). The van der Waals surface area contributed by atoms with Crippen LogP contribution in [0.2, 0.25) is 0 Å². The summed E-state index contributed by atoms with van der Waals surface area (Å²) in [5, 5.41) is 9.64. The Labute approximate surface area is 70.1 Å². The fourth-order valence-electron chi connectivity index (χ4n) is 1.15. The molecule has 0 saturated carbocycles. The second-order valence-electron chi connectivity index (χ2n) is 2.42. The van der Waals surface area contributed by atoms with Crippen molar-refractivity contribution in [3.8, 4) is 6.07 Å². The SMILES string of the molecule is N#Cc1cccc2n[c]ccc12. The van der Waals surface area contributed by atoms with Crippen LogP contribution in [-0.2, 0) is 0 Å². The lowest BCUT2D eigenvalue weighted by Gasteiger charge is -1.95. The Kier molecular flexibility index (Phi) is 1.49. The third-order valence-corrected chi connectivity index (χ3v) is 1.71. The fraction of sp³-hybridized carbons (Fsp3) is 0. The van der Waals surface area contributed by atoms with Gasteiger partial charge in [-0.1, -0.05) is 6.07 Å². The molecule has 0 unspecified atom stereocenters. The van der Waals surface area contributed by atoms with Gasteiger partial charge in [-0.25, -0.2) is 4.98 Å². The van der Waals surface area contributed by atoms with Crippen LogP contribution in [0.25, 0.3) is 10.9 Å². The Morgan fingerprint density at radius 1 is 1.33 bits per heavy atom. The predicted molar refractivity (Wildman–Crippen MR) is 45.3 cm³/mol. The highest BCUT2D eigenvalue weighted by atomic mass is 14.6. The van der Waals surface area contributed by atoms with Crippen molar-refractivity contribution < 1.29 is 0 Å². The molecule has 0 bridgehead atoms. The molecule has 55 valence electrons. The third kappa shape index (κ3) is 0.923. The molecule has 0 N–H and O–H groups in total. The van der Waals surface area contributed by atoms with E-state index in [1.54, 1.807) is 12.1 Å². The van der Waals surface area contributed by atoms with Crippen molar-refractivity contribution in [2.45, 2.75) is 0 Å². The summed E-state index contributed by atoms with van der Waals surface area (Å²) in [6, 6.07) is 11.1. The average Bonchev–Trinajstić information content (AvgIpc) is 2.17. The van der Waals surface area contributed by atoms with Gasteiger partial charge >= 0.3 is 0 Å². The highest BCUT2D eigenvalue weighted by molar-refractivity contribution is 5.84. The van der Waals surface area contributed by atoms with Gasteiger partial charge in [0.05, 0.1) is 23.3 Å². The van der Waals surface area contributed by atoms with Gasteiger partial charge < -0.3 is 0 Å². The Bertz CT molecular complexity index is 449. The number of nitrogens with zero attached hydrogens (tertiary/aromatic N) is 2. The van der Waals surface area contributed by atoms with E-state index in [4.69, 9.17) is 5.26 Å². The van der Waals surface area contributed by atoms with Crippen LogP contribution in [0.1, 0.15) is 5.56 Å². The molecule has 0 amide bonds. The first kappa shape index (κ1) is 6.81. The molecule has 0 atom stereocenters. The summed E-state index contributed by atoms with van der Waals surface area (Å²) < 4.78 is 0. The predicted octanol–water partition coefficient (Wildman–Crippen LogP) is 1.91. The van der Waals surface area contributed by atoms with Crippen molar-refractivity contribution in [2.24, 2.45) is 0 Å². The molecule has 1 heterocycles. The molecular formula is C10H5N2. The highest BCUT2D eigenvalue weighted by Crippen LogP contribution is 2.14. The van der Waals surface area contributed by atoms with Gasteiger partial charge in [0, 0.05) is 5.39 Å². The Morgan fingerprint density at radius 2 is 2.25 bits per heavy atom. The molecular weight excluding hydrogens is 148 g/mol. The van der Waals surface area contributed by atoms with Crippen LogP contribution in [0.15, 0.2) is 30.3 Å². The van der Waals surface area contributed by atoms with Crippen LogP contribution in [-0.4, -0.2) is 4.98 Å². The molecule has 1 aromatic carbocycles. The zero-order valence-electron chi connectivity index (χ0n) is 6.28. The average molecular weight is 153 g/mol. The van der Waals surface area contributed by atoms with E-state index in [1.807, 2.05) is 18.2 Å². The molecule has 2 heteroatoms. The van der Waals surface area contributed by atoms with E-state index in [0.717, 1.165) is 10.9 Å². The van der Waals surface area contributed by atoms with E-state index < -0.39 is 0 Å². The maximum Gasteiger partial charge on any atom is 0.0998 e. The van der Waals surface area contributed by atoms with Gasteiger partial charge in [0.2, 0.25) is 0 Å². The summed E-state index contributed by atoms with van der Waals surface area (Å²) in [7, 11) is 0. The Hall–Kier alpha value is -1.88. The van der Waals surface area contributed by atoms with Gasteiger partial charge in [-0.15, -0.1) is 0 Å². The molecule has 12 heavy (non-hydrogen) atoms. The minimum Gasteiger partial charge on any atom is -0.246 e. The van der Waals surface area contributed by atoms with E-state index in [-0.39, 0.29) is 0 Å². The van der Waals surface area contributed by atoms with Crippen molar-refractivity contribution >= 4 is 10.9 Å². The lowest BCUT2D eigenvalue weighted by atomic mass is 10.1. The number of rotatable bonds is 0. The number of nitriles is 1. The summed E-state index contributed by atoms with van der Waals surface area (Å²) in [5.41, 5.74) is 1.48. The molecule has 0 aliphatic carbocycles. The maximum atomic E-state index is 8.75. The van der Waals surface area contributed by atoms with Crippen LogP contribution in [0.4, 0.5) is 0 Å². The summed E-state index contributed by atoms with van der Waals surface area (Å²) in [4.78, 5) is 4.01. The first-order chi connectivity index (χ1) is 5.92. The molecule has 2 aromatic rings. The van der Waals surface area contributed by atoms with Crippen molar-refractivity contribution in [3.63, 3.8) is 0 Å². The van der Waals surface area contributed by atoms with Crippen LogP contribution < -0.4 is 0 Å². The second-order valence-corrected chi connectivity index (χ2v) is 2.42. The minimum atomic E-state index is 0.661. The molecule has 1 aromatic heterocycles. The lowest BCUT2D eigenvalue weighted by molar-refractivity contribution is 1.39. The maximum absolute atomic E-state index is 8.75. The first-order valence-electron chi connectivity index (χ1n) is 3.58. The largest absolute Gasteiger partial charge is 0.246 e. The highest BCUT2D eigenvalue weighted by Gasteiger charge is 1.97. The zero-order valence-corrected chi connectivity index (χ0v) is 6.28. The molecule has 0 aliphatic rings. The van der Waals surface area contributed by atoms with Crippen molar-refractivity contribution in [1.29, 1.82) is 5.26 Å². The number of pyridine rings is 1. The van der Waals surface area contributed by atoms with Crippen LogP contribution in [0, 0.1) is 17.5 Å².